The number of carbonyl (C=O) groups is 1. The van der Waals surface area contributed by atoms with Gasteiger partial charge in [-0.1, -0.05) is 12.5 Å². The fraction of sp³-hybridized carbons (Fsp3) is 0.412. The number of carbonyl (C=O) groups excluding carboxylic acids is 1. The highest BCUT2D eigenvalue weighted by Crippen LogP contribution is 2.41. The fourth-order valence-electron chi connectivity index (χ4n) is 3.35. The molecule has 4 heteroatoms. The first kappa shape index (κ1) is 13.7. The molecule has 1 aliphatic rings. The molecule has 0 unspecified atom stereocenters. The molecule has 1 aromatic heterocycles. The second-order valence-electron chi connectivity index (χ2n) is 5.52. The zero-order valence-corrected chi connectivity index (χ0v) is 12.1. The van der Waals surface area contributed by atoms with Gasteiger partial charge in [-0.3, -0.25) is 4.79 Å². The molecular formula is C17H18N2O2. The summed E-state index contributed by atoms with van der Waals surface area (Å²) in [4.78, 5) is 15.2. The number of nitrogens with zero attached hydrogens (tertiary/aromatic N) is 1. The molecule has 108 valence electrons. The molecule has 0 spiro atoms. The smallest absolute Gasteiger partial charge is 0.309 e. The number of hydrogen-bond donors (Lipinski definition) is 1. The first-order valence-electron chi connectivity index (χ1n) is 7.42. The van der Waals surface area contributed by atoms with Crippen molar-refractivity contribution in [3.63, 3.8) is 0 Å². The molecule has 21 heavy (non-hydrogen) atoms. The van der Waals surface area contributed by atoms with E-state index in [0.717, 1.165) is 35.7 Å². The van der Waals surface area contributed by atoms with E-state index in [9.17, 15) is 4.79 Å². The van der Waals surface area contributed by atoms with E-state index in [1.165, 1.54) is 0 Å². The molecule has 0 amide bonds. The predicted molar refractivity (Wildman–Crippen MR) is 79.7 cm³/mol. The number of nitrogens with one attached hydrogen (secondary N) is 1. The van der Waals surface area contributed by atoms with Crippen molar-refractivity contribution < 1.29 is 9.53 Å². The van der Waals surface area contributed by atoms with Crippen molar-refractivity contribution in [3.8, 4) is 6.07 Å². The number of aromatic amines is 1. The van der Waals surface area contributed by atoms with Crippen LogP contribution in [0.15, 0.2) is 24.4 Å². The van der Waals surface area contributed by atoms with E-state index < -0.39 is 0 Å². The Balaban J connectivity index is 1.95. The van der Waals surface area contributed by atoms with Crippen LogP contribution < -0.4 is 0 Å². The molecule has 1 fully saturated rings. The third-order valence-electron chi connectivity index (χ3n) is 4.36. The molecule has 1 heterocycles. The van der Waals surface area contributed by atoms with Crippen molar-refractivity contribution in [1.82, 2.24) is 4.98 Å². The molecule has 2 aromatic rings. The number of H-pyrrole nitrogens is 1. The first-order chi connectivity index (χ1) is 10.2. The summed E-state index contributed by atoms with van der Waals surface area (Å²) in [5, 5.41) is 10.1. The molecule has 0 aliphatic heterocycles. The minimum atomic E-state index is -0.0883. The second-order valence-corrected chi connectivity index (χ2v) is 5.52. The Kier molecular flexibility index (Phi) is 3.66. The van der Waals surface area contributed by atoms with Crippen molar-refractivity contribution in [2.24, 2.45) is 5.92 Å². The van der Waals surface area contributed by atoms with Gasteiger partial charge in [-0.15, -0.1) is 0 Å². The summed E-state index contributed by atoms with van der Waals surface area (Å²) in [5.41, 5.74) is 2.74. The van der Waals surface area contributed by atoms with Crippen LogP contribution in [0.3, 0.4) is 0 Å². The van der Waals surface area contributed by atoms with Crippen LogP contribution >= 0.6 is 0 Å². The molecule has 0 radical (unpaired) electrons. The van der Waals surface area contributed by atoms with Crippen LogP contribution in [0.1, 0.15) is 43.2 Å². The monoisotopic (exact) mass is 282 g/mol. The van der Waals surface area contributed by atoms with E-state index in [4.69, 9.17) is 10.00 Å². The van der Waals surface area contributed by atoms with Gasteiger partial charge in [0.1, 0.15) is 6.07 Å². The lowest BCUT2D eigenvalue weighted by molar-refractivity contribution is -0.148. The molecule has 1 N–H and O–H groups in total. The molecule has 0 bridgehead atoms. The number of hydrogen-bond acceptors (Lipinski definition) is 3. The standard InChI is InChI=1S/C17H18N2O2/c1-2-21-17(20)14-5-3-4-13(14)11-6-7-16-15(8-11)12(9-18)10-19-16/h6-8,10,13-14,19H,2-5H2,1H3/t13-,14-/m1/s1. The topological polar surface area (TPSA) is 65.9 Å². The summed E-state index contributed by atoms with van der Waals surface area (Å²) < 4.78 is 5.20. The highest BCUT2D eigenvalue weighted by atomic mass is 16.5. The van der Waals surface area contributed by atoms with Crippen LogP contribution in [-0.4, -0.2) is 17.6 Å². The predicted octanol–water partition coefficient (Wildman–Crippen LogP) is 3.49. The lowest BCUT2D eigenvalue weighted by atomic mass is 9.88. The first-order valence-corrected chi connectivity index (χ1v) is 7.42. The van der Waals surface area contributed by atoms with E-state index in [1.54, 1.807) is 6.20 Å². The Hall–Kier alpha value is -2.28. The largest absolute Gasteiger partial charge is 0.466 e. The molecule has 0 saturated heterocycles. The van der Waals surface area contributed by atoms with Crippen LogP contribution in [0.4, 0.5) is 0 Å². The number of nitriles is 1. The number of benzene rings is 1. The summed E-state index contributed by atoms with van der Waals surface area (Å²) in [5.74, 6) is 0.0662. The van der Waals surface area contributed by atoms with Gasteiger partial charge in [0.2, 0.25) is 0 Å². The van der Waals surface area contributed by atoms with Crippen LogP contribution in [0.5, 0.6) is 0 Å². The maximum absolute atomic E-state index is 12.1. The maximum Gasteiger partial charge on any atom is 0.309 e. The summed E-state index contributed by atoms with van der Waals surface area (Å²) in [6.45, 7) is 2.27. The Morgan fingerprint density at radius 1 is 1.48 bits per heavy atom. The minimum Gasteiger partial charge on any atom is -0.466 e. The van der Waals surface area contributed by atoms with E-state index in [0.29, 0.717) is 12.2 Å². The van der Waals surface area contributed by atoms with Gasteiger partial charge in [0.25, 0.3) is 0 Å². The van der Waals surface area contributed by atoms with E-state index >= 15 is 0 Å². The molecular weight excluding hydrogens is 264 g/mol. The SMILES string of the molecule is CCOC(=O)[C@@H]1CCC[C@@H]1c1ccc2[nH]cc(C#N)c2c1. The molecule has 2 atom stereocenters. The zero-order valence-electron chi connectivity index (χ0n) is 12.1. The molecule has 1 aliphatic carbocycles. The summed E-state index contributed by atoms with van der Waals surface area (Å²) in [6, 6.07) is 8.30. The summed E-state index contributed by atoms with van der Waals surface area (Å²) in [6.07, 6.45) is 4.66. The van der Waals surface area contributed by atoms with Gasteiger partial charge < -0.3 is 9.72 Å². The Bertz CT molecular complexity index is 711. The number of ether oxygens (including phenoxy) is 1. The maximum atomic E-state index is 12.1. The van der Waals surface area contributed by atoms with Crippen LogP contribution in [-0.2, 0) is 9.53 Å². The van der Waals surface area contributed by atoms with Crippen molar-refractivity contribution in [2.75, 3.05) is 6.61 Å². The quantitative estimate of drug-likeness (QED) is 0.876. The number of aromatic nitrogens is 1. The lowest BCUT2D eigenvalue weighted by Gasteiger charge is -2.18. The van der Waals surface area contributed by atoms with Crippen LogP contribution in [0, 0.1) is 17.2 Å². The van der Waals surface area contributed by atoms with Gasteiger partial charge >= 0.3 is 5.97 Å². The van der Waals surface area contributed by atoms with Crippen molar-refractivity contribution in [3.05, 3.63) is 35.5 Å². The highest BCUT2D eigenvalue weighted by molar-refractivity contribution is 5.86. The van der Waals surface area contributed by atoms with Crippen molar-refractivity contribution >= 4 is 16.9 Å². The average molecular weight is 282 g/mol. The Labute approximate surface area is 123 Å². The fourth-order valence-corrected chi connectivity index (χ4v) is 3.35. The Morgan fingerprint density at radius 3 is 3.10 bits per heavy atom. The van der Waals surface area contributed by atoms with Gasteiger partial charge in [-0.2, -0.15) is 5.26 Å². The third-order valence-corrected chi connectivity index (χ3v) is 4.36. The van der Waals surface area contributed by atoms with E-state index in [1.807, 2.05) is 19.1 Å². The van der Waals surface area contributed by atoms with Gasteiger partial charge in [-0.25, -0.2) is 0 Å². The Morgan fingerprint density at radius 2 is 2.33 bits per heavy atom. The molecule has 3 rings (SSSR count). The summed E-state index contributed by atoms with van der Waals surface area (Å²) in [7, 11) is 0. The molecule has 4 nitrogen and oxygen atoms in total. The molecule has 1 saturated carbocycles. The summed E-state index contributed by atoms with van der Waals surface area (Å²) >= 11 is 0. The van der Waals surface area contributed by atoms with Crippen molar-refractivity contribution in [2.45, 2.75) is 32.1 Å². The normalized spacial score (nSPS) is 21.3. The number of esters is 1. The van der Waals surface area contributed by atoms with Gasteiger partial charge in [-0.05, 0) is 43.4 Å². The van der Waals surface area contributed by atoms with Crippen LogP contribution in [0.2, 0.25) is 0 Å². The van der Waals surface area contributed by atoms with Crippen LogP contribution in [0.25, 0.3) is 10.9 Å². The number of fused-ring (bicyclic) bond motifs is 1. The zero-order chi connectivity index (χ0) is 14.8. The van der Waals surface area contributed by atoms with Gasteiger partial charge in [0.05, 0.1) is 18.1 Å². The van der Waals surface area contributed by atoms with Crippen molar-refractivity contribution in [1.29, 1.82) is 5.26 Å². The van der Waals surface area contributed by atoms with E-state index in [2.05, 4.69) is 17.1 Å². The van der Waals surface area contributed by atoms with E-state index in [-0.39, 0.29) is 17.8 Å². The molecule has 1 aromatic carbocycles. The third kappa shape index (κ3) is 2.40. The highest BCUT2D eigenvalue weighted by Gasteiger charge is 2.35. The minimum absolute atomic E-state index is 0.0492. The second kappa shape index (κ2) is 5.61. The van der Waals surface area contributed by atoms with Gasteiger partial charge in [0, 0.05) is 17.1 Å². The lowest BCUT2D eigenvalue weighted by Crippen LogP contribution is -2.20. The van der Waals surface area contributed by atoms with Gasteiger partial charge in [0.15, 0.2) is 0 Å². The number of rotatable bonds is 3. The average Bonchev–Trinajstić information content (AvgIpc) is 3.13.